The first-order valence-electron chi connectivity index (χ1n) is 6.93. The average molecular weight is 330 g/mol. The van der Waals surface area contributed by atoms with Crippen molar-refractivity contribution in [3.8, 4) is 0 Å². The van der Waals surface area contributed by atoms with Gasteiger partial charge in [0.25, 0.3) is 0 Å². The molecule has 21 heavy (non-hydrogen) atoms. The lowest BCUT2D eigenvalue weighted by atomic mass is 9.96. The molecule has 0 saturated heterocycles. The number of hydrogen-bond donors (Lipinski definition) is 2. The highest BCUT2D eigenvalue weighted by Crippen LogP contribution is 2.49. The fourth-order valence-electron chi connectivity index (χ4n) is 3.17. The fourth-order valence-corrected chi connectivity index (χ4v) is 5.04. The van der Waals surface area contributed by atoms with Gasteiger partial charge in [0.1, 0.15) is 4.90 Å². The molecule has 5 nitrogen and oxygen atoms in total. The summed E-state index contributed by atoms with van der Waals surface area (Å²) in [6.07, 6.45) is 4.18. The third-order valence-electron chi connectivity index (χ3n) is 4.36. The molecule has 0 aliphatic heterocycles. The zero-order valence-corrected chi connectivity index (χ0v) is 12.8. The number of rotatable bonds is 4. The van der Waals surface area contributed by atoms with E-state index >= 15 is 0 Å². The maximum Gasteiger partial charge on any atom is 0.335 e. The van der Waals surface area contributed by atoms with Gasteiger partial charge in [-0.15, -0.1) is 0 Å². The van der Waals surface area contributed by atoms with E-state index in [9.17, 15) is 13.2 Å². The van der Waals surface area contributed by atoms with Crippen LogP contribution in [0.1, 0.15) is 36.0 Å². The number of benzene rings is 1. The molecule has 1 unspecified atom stereocenters. The van der Waals surface area contributed by atoms with E-state index in [4.69, 9.17) is 16.7 Å². The lowest BCUT2D eigenvalue weighted by Crippen LogP contribution is -2.38. The van der Waals surface area contributed by atoms with Crippen molar-refractivity contribution in [1.29, 1.82) is 0 Å². The van der Waals surface area contributed by atoms with Crippen LogP contribution in [0.4, 0.5) is 0 Å². The van der Waals surface area contributed by atoms with Crippen molar-refractivity contribution in [1.82, 2.24) is 4.72 Å². The number of carboxylic acids is 1. The quantitative estimate of drug-likeness (QED) is 0.889. The summed E-state index contributed by atoms with van der Waals surface area (Å²) in [5.41, 5.74) is -0.0288. The van der Waals surface area contributed by atoms with Gasteiger partial charge in [0.05, 0.1) is 10.6 Å². The van der Waals surface area contributed by atoms with E-state index < -0.39 is 16.0 Å². The van der Waals surface area contributed by atoms with E-state index in [0.29, 0.717) is 11.8 Å². The second-order valence-electron chi connectivity index (χ2n) is 5.77. The minimum atomic E-state index is -3.71. The molecule has 2 aliphatic carbocycles. The number of carbonyl (C=O) groups is 1. The highest BCUT2D eigenvalue weighted by molar-refractivity contribution is 7.89. The van der Waals surface area contributed by atoms with Gasteiger partial charge in [-0.05, 0) is 42.9 Å². The Labute approximate surface area is 128 Å². The molecule has 114 valence electrons. The van der Waals surface area contributed by atoms with E-state index in [-0.39, 0.29) is 21.5 Å². The third-order valence-corrected chi connectivity index (χ3v) is 6.33. The Bertz CT molecular complexity index is 688. The van der Waals surface area contributed by atoms with Gasteiger partial charge in [-0.1, -0.05) is 24.4 Å². The van der Waals surface area contributed by atoms with Crippen molar-refractivity contribution in [3.63, 3.8) is 0 Å². The predicted octanol–water partition coefficient (Wildman–Crippen LogP) is 2.51. The van der Waals surface area contributed by atoms with Gasteiger partial charge in [0.2, 0.25) is 10.0 Å². The van der Waals surface area contributed by atoms with Crippen molar-refractivity contribution in [2.45, 2.75) is 36.6 Å². The summed E-state index contributed by atoms with van der Waals surface area (Å²) in [4.78, 5) is 10.8. The van der Waals surface area contributed by atoms with Gasteiger partial charge in [-0.25, -0.2) is 17.9 Å². The maximum absolute atomic E-state index is 12.4. The number of carboxylic acid groups (broad SMARTS) is 1. The molecule has 1 aromatic rings. The smallest absolute Gasteiger partial charge is 0.335 e. The van der Waals surface area contributed by atoms with Gasteiger partial charge in [0, 0.05) is 6.04 Å². The summed E-state index contributed by atoms with van der Waals surface area (Å²) in [7, 11) is -3.71. The first-order chi connectivity index (χ1) is 9.88. The highest BCUT2D eigenvalue weighted by atomic mass is 35.5. The van der Waals surface area contributed by atoms with Crippen LogP contribution in [0.2, 0.25) is 5.02 Å². The SMILES string of the molecule is O=C(O)c1ccc(S(=O)(=O)NC2CCC[C@@H]3C[C@H]23)c(Cl)c1. The Morgan fingerprint density at radius 2 is 2.10 bits per heavy atom. The number of hydrogen-bond acceptors (Lipinski definition) is 3. The van der Waals surface area contributed by atoms with Crippen molar-refractivity contribution >= 4 is 27.6 Å². The minimum absolute atomic E-state index is 0.0241. The molecular weight excluding hydrogens is 314 g/mol. The second kappa shape index (κ2) is 5.26. The molecule has 2 N–H and O–H groups in total. The molecule has 2 saturated carbocycles. The van der Waals surface area contributed by atoms with Crippen LogP contribution in [0.25, 0.3) is 0 Å². The molecule has 0 amide bonds. The summed E-state index contributed by atoms with van der Waals surface area (Å²) < 4.78 is 27.6. The van der Waals surface area contributed by atoms with Gasteiger partial charge in [-0.3, -0.25) is 0 Å². The monoisotopic (exact) mass is 329 g/mol. The van der Waals surface area contributed by atoms with Crippen LogP contribution >= 0.6 is 11.6 Å². The van der Waals surface area contributed by atoms with Crippen molar-refractivity contribution in [2.24, 2.45) is 11.8 Å². The van der Waals surface area contributed by atoms with Crippen LogP contribution in [0.15, 0.2) is 23.1 Å². The summed E-state index contributed by atoms with van der Waals surface area (Å²) >= 11 is 5.94. The summed E-state index contributed by atoms with van der Waals surface area (Å²) in [5, 5.41) is 8.82. The highest BCUT2D eigenvalue weighted by Gasteiger charge is 2.46. The summed E-state index contributed by atoms with van der Waals surface area (Å²) in [6, 6.07) is 3.65. The van der Waals surface area contributed by atoms with E-state index in [1.807, 2.05) is 0 Å². The fraction of sp³-hybridized carbons (Fsp3) is 0.500. The normalized spacial score (nSPS) is 28.0. The first kappa shape index (κ1) is 14.8. The molecule has 0 radical (unpaired) electrons. The lowest BCUT2D eigenvalue weighted by Gasteiger charge is -2.22. The Morgan fingerprint density at radius 3 is 2.76 bits per heavy atom. The van der Waals surface area contributed by atoms with Crippen molar-refractivity contribution < 1.29 is 18.3 Å². The van der Waals surface area contributed by atoms with Crippen LogP contribution in [0.5, 0.6) is 0 Å². The summed E-state index contributed by atoms with van der Waals surface area (Å²) in [6.45, 7) is 0. The summed E-state index contributed by atoms with van der Waals surface area (Å²) in [5.74, 6) is -0.0242. The predicted molar refractivity (Wildman–Crippen MR) is 78.0 cm³/mol. The number of nitrogens with one attached hydrogen (secondary N) is 1. The number of sulfonamides is 1. The lowest BCUT2D eigenvalue weighted by molar-refractivity contribution is 0.0696. The molecule has 2 fully saturated rings. The zero-order valence-electron chi connectivity index (χ0n) is 11.3. The van der Waals surface area contributed by atoms with Crippen molar-refractivity contribution in [2.75, 3.05) is 0 Å². The Hall–Kier alpha value is -1.11. The molecule has 2 aliphatic rings. The standard InChI is InChI=1S/C14H16ClNO4S/c15-11-7-9(14(17)18)4-5-13(11)21(19,20)16-12-3-1-2-8-6-10(8)12/h4-5,7-8,10,12,16H,1-3,6H2,(H,17,18)/t8-,10+,12?/m1/s1. The molecule has 0 heterocycles. The Kier molecular flexibility index (Phi) is 3.71. The van der Waals surface area contributed by atoms with Gasteiger partial charge < -0.3 is 5.11 Å². The second-order valence-corrected chi connectivity index (χ2v) is 7.86. The molecule has 0 bridgehead atoms. The average Bonchev–Trinajstić information content (AvgIpc) is 3.18. The van der Waals surface area contributed by atoms with Crippen LogP contribution in [0.3, 0.4) is 0 Å². The largest absolute Gasteiger partial charge is 0.478 e. The minimum Gasteiger partial charge on any atom is -0.478 e. The Morgan fingerprint density at radius 1 is 1.33 bits per heavy atom. The van der Waals surface area contributed by atoms with Crippen LogP contribution < -0.4 is 4.72 Å². The maximum atomic E-state index is 12.4. The molecule has 0 spiro atoms. The van der Waals surface area contributed by atoms with Crippen LogP contribution in [-0.4, -0.2) is 25.5 Å². The van der Waals surface area contributed by atoms with Crippen LogP contribution in [-0.2, 0) is 10.0 Å². The van der Waals surface area contributed by atoms with E-state index in [1.54, 1.807) is 0 Å². The molecule has 3 atom stereocenters. The van der Waals surface area contributed by atoms with Gasteiger partial charge in [0.15, 0.2) is 0 Å². The number of halogens is 1. The van der Waals surface area contributed by atoms with E-state index in [1.165, 1.54) is 24.6 Å². The molecule has 1 aromatic carbocycles. The third kappa shape index (κ3) is 2.93. The van der Waals surface area contributed by atoms with E-state index in [2.05, 4.69) is 4.72 Å². The Balaban J connectivity index is 1.83. The van der Waals surface area contributed by atoms with E-state index in [0.717, 1.165) is 19.3 Å². The number of fused-ring (bicyclic) bond motifs is 1. The molecule has 0 aromatic heterocycles. The zero-order chi connectivity index (χ0) is 15.2. The van der Waals surface area contributed by atoms with Gasteiger partial charge in [-0.2, -0.15) is 0 Å². The molecule has 3 rings (SSSR count). The molecular formula is C14H16ClNO4S. The van der Waals surface area contributed by atoms with Crippen molar-refractivity contribution in [3.05, 3.63) is 28.8 Å². The first-order valence-corrected chi connectivity index (χ1v) is 8.80. The molecule has 7 heteroatoms. The number of aromatic carboxylic acids is 1. The van der Waals surface area contributed by atoms with Crippen LogP contribution in [0, 0.1) is 11.8 Å². The topological polar surface area (TPSA) is 83.5 Å². The van der Waals surface area contributed by atoms with Gasteiger partial charge >= 0.3 is 5.97 Å².